The Bertz CT molecular complexity index is 4330. The molecule has 326 valence electrons. The fraction of sp³-hybridized carbons (Fsp3) is 0. The molecule has 5 heteroatoms. The number of fused-ring (bicyclic) bond motifs is 9. The van der Waals surface area contributed by atoms with Crippen LogP contribution in [-0.2, 0) is 0 Å². The predicted octanol–water partition coefficient (Wildman–Crippen LogP) is 17.6. The monoisotopic (exact) mass is 893 g/mol. The van der Waals surface area contributed by atoms with Crippen molar-refractivity contribution in [1.29, 1.82) is 0 Å². The SMILES string of the molecule is c1ccc(-c2nc(-c3ccc(-c4cccc5c4oc4ccccc45)cc3)cc(-c3cccc(-c4ccc(-c5c6c(cc7c(-c8ccccc8)nc8ccccc8c57)oc5ccccc56)cc4)c3)n2)cc1. The van der Waals surface area contributed by atoms with E-state index in [-0.39, 0.29) is 0 Å². The lowest BCUT2D eigenvalue weighted by Crippen LogP contribution is -1.96. The zero-order valence-electron chi connectivity index (χ0n) is 37.7. The van der Waals surface area contributed by atoms with Gasteiger partial charge in [0.1, 0.15) is 22.3 Å². The Morgan fingerprint density at radius 1 is 0.286 bits per heavy atom. The van der Waals surface area contributed by atoms with Gasteiger partial charge in [-0.1, -0.05) is 200 Å². The highest BCUT2D eigenvalue weighted by Crippen LogP contribution is 2.47. The molecule has 5 nitrogen and oxygen atoms in total. The Balaban J connectivity index is 0.873. The molecule has 0 unspecified atom stereocenters. The van der Waals surface area contributed by atoms with Gasteiger partial charge in [-0.25, -0.2) is 15.0 Å². The number of furan rings is 2. The van der Waals surface area contributed by atoms with Crippen molar-refractivity contribution < 1.29 is 8.83 Å². The number of hydrogen-bond donors (Lipinski definition) is 0. The van der Waals surface area contributed by atoms with Gasteiger partial charge in [-0.3, -0.25) is 0 Å². The van der Waals surface area contributed by atoms with Gasteiger partial charge in [-0.05, 0) is 58.7 Å². The third-order valence-corrected chi connectivity index (χ3v) is 13.7. The molecular formula is C65H39N3O2. The minimum absolute atomic E-state index is 0.672. The quantitative estimate of drug-likeness (QED) is 0.149. The van der Waals surface area contributed by atoms with Crippen molar-refractivity contribution in [2.75, 3.05) is 0 Å². The number of hydrogen-bond acceptors (Lipinski definition) is 5. The standard InChI is InChI=1S/C65H39N3O2/c1-3-15-44(16-4-1)63-53-38-59-62(52-23-9-12-28-58(52)69-59)60(61(53)51-22-7-10-26-54(51)66-63)43-35-29-40(30-36-43)46-19-13-20-47(37-46)56-39-55(67-65(68-56)45-17-5-2-6-18-45)42-33-31-41(32-34-42)48-24-14-25-50-49-21-8-11-27-57(49)70-64(48)50/h1-39H. The minimum Gasteiger partial charge on any atom is -0.456 e. The van der Waals surface area contributed by atoms with Crippen LogP contribution in [0.2, 0.25) is 0 Å². The average molecular weight is 894 g/mol. The summed E-state index contributed by atoms with van der Waals surface area (Å²) in [6, 6.07) is 82.6. The smallest absolute Gasteiger partial charge is 0.160 e. The van der Waals surface area contributed by atoms with Crippen molar-refractivity contribution in [3.8, 4) is 78.5 Å². The van der Waals surface area contributed by atoms with Crippen LogP contribution in [0.4, 0.5) is 0 Å². The van der Waals surface area contributed by atoms with Gasteiger partial charge in [0.15, 0.2) is 5.82 Å². The second-order valence-electron chi connectivity index (χ2n) is 17.8. The van der Waals surface area contributed by atoms with Crippen LogP contribution >= 0.6 is 0 Å². The van der Waals surface area contributed by atoms with Crippen molar-refractivity contribution in [2.24, 2.45) is 0 Å². The third kappa shape index (κ3) is 6.59. The second-order valence-corrected chi connectivity index (χ2v) is 17.8. The largest absolute Gasteiger partial charge is 0.456 e. The number of nitrogens with zero attached hydrogens (tertiary/aromatic N) is 3. The summed E-state index contributed by atoms with van der Waals surface area (Å²) in [4.78, 5) is 15.6. The molecular weight excluding hydrogens is 855 g/mol. The molecule has 0 fully saturated rings. The van der Waals surface area contributed by atoms with Gasteiger partial charge in [-0.15, -0.1) is 0 Å². The van der Waals surface area contributed by atoms with E-state index in [0.29, 0.717) is 5.82 Å². The minimum atomic E-state index is 0.672. The first-order valence-corrected chi connectivity index (χ1v) is 23.6. The van der Waals surface area contributed by atoms with Crippen LogP contribution in [0, 0.1) is 0 Å². The first-order chi connectivity index (χ1) is 34.7. The molecule has 0 aliphatic heterocycles. The predicted molar refractivity (Wildman–Crippen MR) is 287 cm³/mol. The summed E-state index contributed by atoms with van der Waals surface area (Å²) in [6.07, 6.45) is 0. The molecule has 0 aliphatic rings. The number of pyridine rings is 1. The normalized spacial score (nSPS) is 11.7. The van der Waals surface area contributed by atoms with Gasteiger partial charge in [0.25, 0.3) is 0 Å². The summed E-state index contributed by atoms with van der Waals surface area (Å²) >= 11 is 0. The molecule has 0 aliphatic carbocycles. The van der Waals surface area contributed by atoms with Crippen molar-refractivity contribution in [3.05, 3.63) is 237 Å². The molecule has 14 aromatic rings. The average Bonchev–Trinajstić information content (AvgIpc) is 4.01. The number of rotatable bonds is 7. The van der Waals surface area contributed by atoms with Gasteiger partial charge in [0, 0.05) is 71.1 Å². The molecule has 10 aromatic carbocycles. The molecule has 0 spiro atoms. The molecule has 4 aromatic heterocycles. The second kappa shape index (κ2) is 16.1. The number of benzene rings is 10. The van der Waals surface area contributed by atoms with E-state index in [1.807, 2.05) is 42.5 Å². The summed E-state index contributed by atoms with van der Waals surface area (Å²) in [5.74, 6) is 0.672. The molecule has 14 rings (SSSR count). The highest BCUT2D eigenvalue weighted by atomic mass is 16.3. The van der Waals surface area contributed by atoms with Gasteiger partial charge in [0.2, 0.25) is 0 Å². The van der Waals surface area contributed by atoms with E-state index in [0.717, 1.165) is 138 Å². The van der Waals surface area contributed by atoms with E-state index in [9.17, 15) is 0 Å². The van der Waals surface area contributed by atoms with Crippen molar-refractivity contribution >= 4 is 65.6 Å². The molecule has 0 saturated carbocycles. The van der Waals surface area contributed by atoms with Gasteiger partial charge in [0.05, 0.1) is 22.6 Å². The van der Waals surface area contributed by atoms with Crippen LogP contribution in [0.15, 0.2) is 245 Å². The highest BCUT2D eigenvalue weighted by molar-refractivity contribution is 6.27. The molecule has 0 amide bonds. The molecule has 4 heterocycles. The fourth-order valence-corrected chi connectivity index (χ4v) is 10.4. The maximum absolute atomic E-state index is 6.65. The third-order valence-electron chi connectivity index (χ3n) is 13.7. The van der Waals surface area contributed by atoms with Crippen LogP contribution in [-0.4, -0.2) is 15.0 Å². The summed E-state index contributed by atoms with van der Waals surface area (Å²) in [5.41, 5.74) is 17.6. The molecule has 0 radical (unpaired) electrons. The van der Waals surface area contributed by atoms with E-state index in [1.165, 1.54) is 0 Å². The maximum Gasteiger partial charge on any atom is 0.160 e. The lowest BCUT2D eigenvalue weighted by Gasteiger charge is -2.16. The first kappa shape index (κ1) is 39.7. The molecule has 70 heavy (non-hydrogen) atoms. The maximum atomic E-state index is 6.65. The zero-order valence-corrected chi connectivity index (χ0v) is 37.7. The molecule has 0 N–H and O–H groups in total. The highest BCUT2D eigenvalue weighted by Gasteiger charge is 2.22. The Morgan fingerprint density at radius 2 is 0.857 bits per heavy atom. The summed E-state index contributed by atoms with van der Waals surface area (Å²) in [7, 11) is 0. The van der Waals surface area contributed by atoms with E-state index in [4.69, 9.17) is 23.8 Å². The Labute approximate surface area is 402 Å². The number of aromatic nitrogens is 3. The van der Waals surface area contributed by atoms with Gasteiger partial charge in [-0.2, -0.15) is 0 Å². The topological polar surface area (TPSA) is 65.0 Å². The summed E-state index contributed by atoms with van der Waals surface area (Å²) in [6.45, 7) is 0. The summed E-state index contributed by atoms with van der Waals surface area (Å²) < 4.78 is 13.0. The van der Waals surface area contributed by atoms with E-state index in [2.05, 4.69) is 194 Å². The Morgan fingerprint density at radius 3 is 1.64 bits per heavy atom. The van der Waals surface area contributed by atoms with Crippen LogP contribution < -0.4 is 0 Å². The van der Waals surface area contributed by atoms with Crippen molar-refractivity contribution in [3.63, 3.8) is 0 Å². The Hall–Kier alpha value is -9.45. The summed E-state index contributed by atoms with van der Waals surface area (Å²) in [5, 5.41) is 7.73. The Kier molecular flexibility index (Phi) is 9.14. The zero-order chi connectivity index (χ0) is 46.1. The first-order valence-electron chi connectivity index (χ1n) is 23.6. The van der Waals surface area contributed by atoms with Crippen molar-refractivity contribution in [1.82, 2.24) is 15.0 Å². The lowest BCUT2D eigenvalue weighted by molar-refractivity contribution is 0.669. The van der Waals surface area contributed by atoms with Crippen LogP contribution in [0.5, 0.6) is 0 Å². The van der Waals surface area contributed by atoms with Gasteiger partial charge >= 0.3 is 0 Å². The van der Waals surface area contributed by atoms with Crippen molar-refractivity contribution in [2.45, 2.75) is 0 Å². The molecule has 0 bridgehead atoms. The fourth-order valence-electron chi connectivity index (χ4n) is 10.4. The molecule has 0 atom stereocenters. The number of para-hydroxylation sites is 4. The van der Waals surface area contributed by atoms with Crippen LogP contribution in [0.25, 0.3) is 144 Å². The molecule has 0 saturated heterocycles. The van der Waals surface area contributed by atoms with E-state index in [1.54, 1.807) is 0 Å². The van der Waals surface area contributed by atoms with Crippen LogP contribution in [0.1, 0.15) is 0 Å². The van der Waals surface area contributed by atoms with E-state index < -0.39 is 0 Å². The van der Waals surface area contributed by atoms with Crippen LogP contribution in [0.3, 0.4) is 0 Å². The van der Waals surface area contributed by atoms with Gasteiger partial charge < -0.3 is 8.83 Å². The lowest BCUT2D eigenvalue weighted by atomic mass is 9.89. The van der Waals surface area contributed by atoms with E-state index >= 15 is 0 Å².